The molecule has 1 aromatic carbocycles. The Morgan fingerprint density at radius 3 is 2.65 bits per heavy atom. The number of carbonyl (C=O) groups excluding carboxylic acids is 2. The molecule has 1 aromatic rings. The van der Waals surface area contributed by atoms with Gasteiger partial charge in [0, 0.05) is 25.2 Å². The van der Waals surface area contributed by atoms with E-state index in [0.717, 1.165) is 0 Å². The minimum Gasteiger partial charge on any atom is -0.489 e. The van der Waals surface area contributed by atoms with Gasteiger partial charge >= 0.3 is 0 Å². The maximum Gasteiger partial charge on any atom is 0.251 e. The first kappa shape index (κ1) is 29.5. The van der Waals surface area contributed by atoms with Crippen molar-refractivity contribution >= 4 is 11.8 Å². The number of ether oxygens (including phenoxy) is 4. The lowest BCUT2D eigenvalue weighted by Crippen LogP contribution is -2.33. The van der Waals surface area contributed by atoms with Crippen LogP contribution in [-0.4, -0.2) is 84.4 Å². The molecule has 0 aliphatic carbocycles. The zero-order valence-corrected chi connectivity index (χ0v) is 20.5. The fourth-order valence-electron chi connectivity index (χ4n) is 2.57. The first-order valence-corrected chi connectivity index (χ1v) is 11.5. The maximum absolute atomic E-state index is 12.1. The summed E-state index contributed by atoms with van der Waals surface area (Å²) in [4.78, 5) is 23.8. The van der Waals surface area contributed by atoms with Crippen molar-refractivity contribution in [2.45, 2.75) is 20.1 Å². The van der Waals surface area contributed by atoms with Crippen LogP contribution >= 0.6 is 0 Å². The molecule has 34 heavy (non-hydrogen) atoms. The summed E-state index contributed by atoms with van der Waals surface area (Å²) < 4.78 is 21.7. The number of benzene rings is 1. The van der Waals surface area contributed by atoms with Crippen LogP contribution in [0.4, 0.5) is 0 Å². The number of hydrogen-bond donors (Lipinski definition) is 4. The molecule has 1 unspecified atom stereocenters. The van der Waals surface area contributed by atoms with E-state index in [9.17, 15) is 9.59 Å². The number of amides is 2. The van der Waals surface area contributed by atoms with E-state index < -0.39 is 6.23 Å². The van der Waals surface area contributed by atoms with E-state index in [1.807, 2.05) is 13.1 Å². The molecule has 0 spiro atoms. The third kappa shape index (κ3) is 15.4. The lowest BCUT2D eigenvalue weighted by Gasteiger charge is -2.15. The monoisotopic (exact) mass is 480 g/mol. The van der Waals surface area contributed by atoms with Crippen LogP contribution in [0.1, 0.15) is 24.2 Å². The molecule has 1 atom stereocenters. The Morgan fingerprint density at radius 1 is 1.06 bits per heavy atom. The van der Waals surface area contributed by atoms with Gasteiger partial charge in [0.2, 0.25) is 5.91 Å². The molecule has 0 radical (unpaired) electrons. The number of nitrogens with two attached hydrogens (primary N) is 1. The molecule has 192 valence electrons. The average molecular weight is 481 g/mol. The first-order valence-electron chi connectivity index (χ1n) is 11.5. The Kier molecular flexibility index (Phi) is 16.4. The van der Waals surface area contributed by atoms with Crippen molar-refractivity contribution in [1.82, 2.24) is 16.0 Å². The van der Waals surface area contributed by atoms with E-state index in [-0.39, 0.29) is 38.2 Å². The normalized spacial score (nSPS) is 12.1. The lowest BCUT2D eigenvalue weighted by molar-refractivity contribution is -0.126. The number of nitrogens with one attached hydrogen (secondary N) is 3. The highest BCUT2D eigenvalue weighted by Crippen LogP contribution is 2.13. The molecule has 0 heterocycles. The van der Waals surface area contributed by atoms with Crippen LogP contribution in [0.15, 0.2) is 36.4 Å². The van der Waals surface area contributed by atoms with Crippen LogP contribution in [0.5, 0.6) is 5.75 Å². The average Bonchev–Trinajstić information content (AvgIpc) is 2.82. The van der Waals surface area contributed by atoms with E-state index in [1.54, 1.807) is 24.3 Å². The van der Waals surface area contributed by atoms with E-state index >= 15 is 0 Å². The van der Waals surface area contributed by atoms with Crippen molar-refractivity contribution in [3.8, 4) is 5.75 Å². The summed E-state index contributed by atoms with van der Waals surface area (Å²) in [5, 5.41) is 8.49. The van der Waals surface area contributed by atoms with E-state index in [1.165, 1.54) is 0 Å². The van der Waals surface area contributed by atoms with Gasteiger partial charge in [-0.15, -0.1) is 0 Å². The van der Waals surface area contributed by atoms with Crippen LogP contribution in [0.25, 0.3) is 0 Å². The van der Waals surface area contributed by atoms with Gasteiger partial charge in [-0.3, -0.25) is 9.59 Å². The van der Waals surface area contributed by atoms with E-state index in [0.29, 0.717) is 50.1 Å². The molecule has 0 fully saturated rings. The Labute approximate surface area is 202 Å². The highest BCUT2D eigenvalue weighted by atomic mass is 16.6. The van der Waals surface area contributed by atoms with Crippen molar-refractivity contribution in [1.29, 1.82) is 0 Å². The second kappa shape index (κ2) is 18.9. The number of rotatable bonds is 19. The quantitative estimate of drug-likeness (QED) is 0.129. The van der Waals surface area contributed by atoms with Gasteiger partial charge in [-0.1, -0.05) is 32.1 Å². The van der Waals surface area contributed by atoms with Crippen LogP contribution in [0.2, 0.25) is 0 Å². The molecular formula is C24H40N4O6. The molecule has 0 saturated carbocycles. The standard InChI is InChI=1S/C24H40N4O6/c1-19(2)6-5-12-31-13-11-27-23(29)18-32-14-15-33-22(25)17-34-21-8-4-7-20(16-21)24(30)28-10-9-26-3/h4-8,16,19,22,26H,9-15,17-18,25H2,1-3H3,(H,27,29)(H,28,30)/b6-5+. The SMILES string of the molecule is CNCCNC(=O)c1cccc(OCC(N)OCCOCC(=O)NCCOC/C=C/C(C)C)c1. The fourth-order valence-corrected chi connectivity index (χ4v) is 2.57. The largest absolute Gasteiger partial charge is 0.489 e. The Balaban J connectivity index is 2.09. The molecule has 1 rings (SSSR count). The van der Waals surface area contributed by atoms with Gasteiger partial charge in [0.25, 0.3) is 5.91 Å². The van der Waals surface area contributed by atoms with Crippen LogP contribution in [0, 0.1) is 5.92 Å². The summed E-state index contributed by atoms with van der Waals surface area (Å²) >= 11 is 0. The molecule has 0 aliphatic heterocycles. The van der Waals surface area contributed by atoms with Gasteiger partial charge in [0.1, 0.15) is 25.2 Å². The predicted molar refractivity (Wildman–Crippen MR) is 131 cm³/mol. The summed E-state index contributed by atoms with van der Waals surface area (Å²) in [6, 6.07) is 6.84. The van der Waals surface area contributed by atoms with Gasteiger partial charge in [-0.25, -0.2) is 0 Å². The molecule has 2 amide bonds. The van der Waals surface area contributed by atoms with Gasteiger partial charge in [0.05, 0.1) is 26.4 Å². The van der Waals surface area contributed by atoms with E-state index in [2.05, 4.69) is 35.9 Å². The van der Waals surface area contributed by atoms with Crippen LogP contribution in [-0.2, 0) is 19.0 Å². The second-order valence-electron chi connectivity index (χ2n) is 7.76. The summed E-state index contributed by atoms with van der Waals surface area (Å²) in [7, 11) is 1.82. The predicted octanol–water partition coefficient (Wildman–Crippen LogP) is 0.678. The Morgan fingerprint density at radius 2 is 1.88 bits per heavy atom. The molecule has 5 N–H and O–H groups in total. The second-order valence-corrected chi connectivity index (χ2v) is 7.76. The van der Waals surface area contributed by atoms with Crippen molar-refractivity contribution in [3.05, 3.63) is 42.0 Å². The van der Waals surface area contributed by atoms with Gasteiger partial charge in [0.15, 0.2) is 0 Å². The lowest BCUT2D eigenvalue weighted by atomic mass is 10.2. The smallest absolute Gasteiger partial charge is 0.251 e. The third-order valence-corrected chi connectivity index (χ3v) is 4.27. The minimum absolute atomic E-state index is 0.0640. The topological polar surface area (TPSA) is 133 Å². The summed E-state index contributed by atoms with van der Waals surface area (Å²) in [5.74, 6) is 0.627. The molecule has 10 heteroatoms. The zero-order valence-electron chi connectivity index (χ0n) is 20.5. The Hall–Kier alpha value is -2.50. The number of carbonyl (C=O) groups is 2. The molecule has 10 nitrogen and oxygen atoms in total. The number of likely N-dealkylation sites (N-methyl/N-ethyl adjacent to an activating group) is 1. The zero-order chi connectivity index (χ0) is 25.0. The summed E-state index contributed by atoms with van der Waals surface area (Å²) in [5.41, 5.74) is 6.39. The molecular weight excluding hydrogens is 440 g/mol. The van der Waals surface area contributed by atoms with Crippen LogP contribution < -0.4 is 26.4 Å². The van der Waals surface area contributed by atoms with E-state index in [4.69, 9.17) is 24.7 Å². The van der Waals surface area contributed by atoms with Crippen molar-refractivity contribution < 1.29 is 28.5 Å². The minimum atomic E-state index is -0.674. The first-order chi connectivity index (χ1) is 16.4. The number of allylic oxidation sites excluding steroid dienone is 1. The fraction of sp³-hybridized carbons (Fsp3) is 0.583. The van der Waals surface area contributed by atoms with Gasteiger partial charge in [-0.2, -0.15) is 0 Å². The highest BCUT2D eigenvalue weighted by Gasteiger charge is 2.08. The molecule has 0 bridgehead atoms. The maximum atomic E-state index is 12.1. The van der Waals surface area contributed by atoms with Gasteiger partial charge in [-0.05, 0) is 31.2 Å². The summed E-state index contributed by atoms with van der Waals surface area (Å²) in [6.45, 7) is 7.30. The van der Waals surface area contributed by atoms with Crippen molar-refractivity contribution in [3.63, 3.8) is 0 Å². The molecule has 0 aliphatic rings. The van der Waals surface area contributed by atoms with Crippen molar-refractivity contribution in [2.75, 3.05) is 66.3 Å². The number of hydrogen-bond acceptors (Lipinski definition) is 8. The van der Waals surface area contributed by atoms with Crippen molar-refractivity contribution in [2.24, 2.45) is 11.7 Å². The van der Waals surface area contributed by atoms with Crippen LogP contribution in [0.3, 0.4) is 0 Å². The summed E-state index contributed by atoms with van der Waals surface area (Å²) in [6.07, 6.45) is 3.36. The molecule has 0 aromatic heterocycles. The Bertz CT molecular complexity index is 729. The third-order valence-electron chi connectivity index (χ3n) is 4.27. The molecule has 0 saturated heterocycles. The highest BCUT2D eigenvalue weighted by molar-refractivity contribution is 5.94. The van der Waals surface area contributed by atoms with Gasteiger partial charge < -0.3 is 40.6 Å².